The van der Waals surface area contributed by atoms with Gasteiger partial charge in [-0.15, -0.1) is 0 Å². The molecule has 2 aromatic carbocycles. The number of nitrogens with one attached hydrogen (secondary N) is 1. The van der Waals surface area contributed by atoms with Crippen molar-refractivity contribution in [1.29, 1.82) is 0 Å². The molecular formula is C22H23ClN4O2. The topological polar surface area (TPSA) is 67.2 Å². The Morgan fingerprint density at radius 1 is 1.00 bits per heavy atom. The van der Waals surface area contributed by atoms with Crippen LogP contribution in [0.15, 0.2) is 53.3 Å². The lowest BCUT2D eigenvalue weighted by atomic mass is 10.1. The molecule has 0 unspecified atom stereocenters. The molecule has 2 heterocycles. The first-order valence-electron chi connectivity index (χ1n) is 9.87. The van der Waals surface area contributed by atoms with Crippen LogP contribution >= 0.6 is 11.6 Å². The number of carbonyl (C=O) groups is 1. The van der Waals surface area contributed by atoms with Crippen molar-refractivity contribution in [2.24, 2.45) is 0 Å². The standard InChI is InChI=1S/C22H23ClN4O2/c23-17-9-7-16(8-10-17)21(28)24-15-20-18-5-1-2-6-19(18)22(29)27(25-20)14-13-26-11-3-4-12-26/h1-2,5-10H,3-4,11-15H2,(H,24,28). The average Bonchev–Trinajstić information content (AvgIpc) is 3.26. The SMILES string of the molecule is O=C(NCc1nn(CCN2CCCC2)c(=O)c2ccccc12)c1ccc(Cl)cc1. The lowest BCUT2D eigenvalue weighted by Crippen LogP contribution is -2.32. The normalized spacial score (nSPS) is 14.4. The van der Waals surface area contributed by atoms with Crippen LogP contribution in [0.2, 0.25) is 5.02 Å². The van der Waals surface area contributed by atoms with Gasteiger partial charge >= 0.3 is 0 Å². The van der Waals surface area contributed by atoms with Crippen molar-refractivity contribution in [3.05, 3.63) is 75.2 Å². The zero-order chi connectivity index (χ0) is 20.2. The molecule has 1 aliphatic rings. The number of rotatable bonds is 6. The maximum atomic E-state index is 12.9. The molecule has 3 aromatic rings. The van der Waals surface area contributed by atoms with Crippen molar-refractivity contribution in [2.45, 2.75) is 25.9 Å². The van der Waals surface area contributed by atoms with Gasteiger partial charge in [-0.1, -0.05) is 29.8 Å². The Kier molecular flexibility index (Phi) is 5.92. The Hall–Kier alpha value is -2.70. The smallest absolute Gasteiger partial charge is 0.274 e. The molecule has 1 saturated heterocycles. The molecule has 0 bridgehead atoms. The summed E-state index contributed by atoms with van der Waals surface area (Å²) in [5.74, 6) is -0.206. The van der Waals surface area contributed by atoms with E-state index in [9.17, 15) is 9.59 Å². The second-order valence-electron chi connectivity index (χ2n) is 7.26. The molecule has 1 amide bonds. The zero-order valence-corrected chi connectivity index (χ0v) is 16.9. The highest BCUT2D eigenvalue weighted by Gasteiger charge is 2.15. The number of likely N-dealkylation sites (tertiary alicyclic amines) is 1. The predicted octanol–water partition coefficient (Wildman–Crippen LogP) is 3.08. The highest BCUT2D eigenvalue weighted by atomic mass is 35.5. The Bertz CT molecular complexity index is 1070. The van der Waals surface area contributed by atoms with Gasteiger partial charge in [-0.05, 0) is 56.3 Å². The average molecular weight is 411 g/mol. The maximum absolute atomic E-state index is 12.9. The molecule has 0 atom stereocenters. The molecule has 6 nitrogen and oxygen atoms in total. The number of halogens is 1. The van der Waals surface area contributed by atoms with E-state index in [0.29, 0.717) is 28.2 Å². The van der Waals surface area contributed by atoms with Crippen LogP contribution in [0.5, 0.6) is 0 Å². The third-order valence-electron chi connectivity index (χ3n) is 5.29. The second kappa shape index (κ2) is 8.76. The minimum atomic E-state index is -0.206. The monoisotopic (exact) mass is 410 g/mol. The van der Waals surface area contributed by atoms with Crippen molar-refractivity contribution in [1.82, 2.24) is 20.0 Å². The molecule has 0 aliphatic carbocycles. The number of fused-ring (bicyclic) bond motifs is 1. The van der Waals surface area contributed by atoms with Crippen LogP contribution in [0.4, 0.5) is 0 Å². The highest BCUT2D eigenvalue weighted by Crippen LogP contribution is 2.14. The number of carbonyl (C=O) groups excluding carboxylic acids is 1. The van der Waals surface area contributed by atoms with E-state index < -0.39 is 0 Å². The van der Waals surface area contributed by atoms with Gasteiger partial charge in [0.2, 0.25) is 0 Å². The molecule has 0 spiro atoms. The summed E-state index contributed by atoms with van der Waals surface area (Å²) in [4.78, 5) is 27.7. The van der Waals surface area contributed by atoms with Gasteiger partial charge in [0, 0.05) is 22.5 Å². The van der Waals surface area contributed by atoms with E-state index in [0.717, 1.165) is 25.0 Å². The van der Waals surface area contributed by atoms with Crippen molar-refractivity contribution in [3.63, 3.8) is 0 Å². The third-order valence-corrected chi connectivity index (χ3v) is 5.55. The molecular weight excluding hydrogens is 388 g/mol. The molecule has 0 saturated carbocycles. The quantitative estimate of drug-likeness (QED) is 0.678. The first kappa shape index (κ1) is 19.6. The van der Waals surface area contributed by atoms with Crippen LogP contribution in [0, 0.1) is 0 Å². The molecule has 1 fully saturated rings. The van der Waals surface area contributed by atoms with Crippen LogP contribution in [0.3, 0.4) is 0 Å². The Balaban J connectivity index is 1.56. The van der Waals surface area contributed by atoms with Gasteiger partial charge in [0.15, 0.2) is 0 Å². The van der Waals surface area contributed by atoms with E-state index in [1.165, 1.54) is 17.5 Å². The summed E-state index contributed by atoms with van der Waals surface area (Å²) in [7, 11) is 0. The summed E-state index contributed by atoms with van der Waals surface area (Å²) in [6.45, 7) is 3.74. The van der Waals surface area contributed by atoms with E-state index >= 15 is 0 Å². The molecule has 4 rings (SSSR count). The van der Waals surface area contributed by atoms with Crippen LogP contribution in [0.25, 0.3) is 10.8 Å². The van der Waals surface area contributed by atoms with Gasteiger partial charge in [-0.2, -0.15) is 5.10 Å². The van der Waals surface area contributed by atoms with Gasteiger partial charge < -0.3 is 10.2 Å². The Morgan fingerprint density at radius 3 is 2.41 bits per heavy atom. The third kappa shape index (κ3) is 4.49. The van der Waals surface area contributed by atoms with Crippen molar-refractivity contribution in [3.8, 4) is 0 Å². The summed E-state index contributed by atoms with van der Waals surface area (Å²) in [5.41, 5.74) is 1.12. The Labute approximate surface area is 174 Å². The molecule has 29 heavy (non-hydrogen) atoms. The summed E-state index contributed by atoms with van der Waals surface area (Å²) >= 11 is 5.89. The summed E-state index contributed by atoms with van der Waals surface area (Å²) in [6, 6.07) is 14.1. The molecule has 150 valence electrons. The fourth-order valence-corrected chi connectivity index (χ4v) is 3.82. The highest BCUT2D eigenvalue weighted by molar-refractivity contribution is 6.30. The van der Waals surface area contributed by atoms with Crippen molar-refractivity contribution >= 4 is 28.3 Å². The van der Waals surface area contributed by atoms with Gasteiger partial charge in [-0.25, -0.2) is 4.68 Å². The van der Waals surface area contributed by atoms with E-state index in [1.807, 2.05) is 24.3 Å². The lowest BCUT2D eigenvalue weighted by Gasteiger charge is -2.16. The van der Waals surface area contributed by atoms with Gasteiger partial charge in [0.25, 0.3) is 11.5 Å². The molecule has 1 aromatic heterocycles. The Morgan fingerprint density at radius 2 is 1.69 bits per heavy atom. The van der Waals surface area contributed by atoms with Crippen LogP contribution in [-0.2, 0) is 13.1 Å². The molecule has 1 aliphatic heterocycles. The van der Waals surface area contributed by atoms with E-state index in [-0.39, 0.29) is 18.0 Å². The largest absolute Gasteiger partial charge is 0.346 e. The fraction of sp³-hybridized carbons (Fsp3) is 0.318. The molecule has 1 N–H and O–H groups in total. The van der Waals surface area contributed by atoms with Crippen LogP contribution < -0.4 is 10.9 Å². The summed E-state index contributed by atoms with van der Waals surface area (Å²) in [5, 5.41) is 9.46. The number of hydrogen-bond acceptors (Lipinski definition) is 4. The molecule has 0 radical (unpaired) electrons. The summed E-state index contributed by atoms with van der Waals surface area (Å²) < 4.78 is 1.53. The zero-order valence-electron chi connectivity index (χ0n) is 16.1. The first-order chi connectivity index (χ1) is 14.1. The van der Waals surface area contributed by atoms with E-state index in [4.69, 9.17) is 11.6 Å². The van der Waals surface area contributed by atoms with Crippen molar-refractivity contribution < 1.29 is 4.79 Å². The van der Waals surface area contributed by atoms with Crippen molar-refractivity contribution in [2.75, 3.05) is 19.6 Å². The van der Waals surface area contributed by atoms with E-state index in [2.05, 4.69) is 15.3 Å². The number of benzene rings is 2. The van der Waals surface area contributed by atoms with Gasteiger partial charge in [-0.3, -0.25) is 9.59 Å². The van der Waals surface area contributed by atoms with Crippen LogP contribution in [0.1, 0.15) is 28.9 Å². The van der Waals surface area contributed by atoms with Gasteiger partial charge in [0.1, 0.15) is 0 Å². The molecule has 7 heteroatoms. The lowest BCUT2D eigenvalue weighted by molar-refractivity contribution is 0.0950. The number of aromatic nitrogens is 2. The number of hydrogen-bond donors (Lipinski definition) is 1. The van der Waals surface area contributed by atoms with Crippen LogP contribution in [-0.4, -0.2) is 40.2 Å². The first-order valence-corrected chi connectivity index (χ1v) is 10.2. The predicted molar refractivity (Wildman–Crippen MR) is 114 cm³/mol. The van der Waals surface area contributed by atoms with Gasteiger partial charge in [0.05, 0.1) is 24.2 Å². The number of amides is 1. The maximum Gasteiger partial charge on any atom is 0.274 e. The number of nitrogens with zero attached hydrogens (tertiary/aromatic N) is 3. The minimum absolute atomic E-state index is 0.0902. The minimum Gasteiger partial charge on any atom is -0.346 e. The van der Waals surface area contributed by atoms with E-state index in [1.54, 1.807) is 24.3 Å². The summed E-state index contributed by atoms with van der Waals surface area (Å²) in [6.07, 6.45) is 2.42. The fourth-order valence-electron chi connectivity index (χ4n) is 3.70. The second-order valence-corrected chi connectivity index (χ2v) is 7.70.